The Balaban J connectivity index is 2.00. The largest absolute Gasteiger partial charge is 0.494 e. The number of likely N-dealkylation sites (tertiary alicyclic amines) is 1. The molecule has 1 aromatic rings. The zero-order valence-corrected chi connectivity index (χ0v) is 10.1. The summed E-state index contributed by atoms with van der Waals surface area (Å²) in [6, 6.07) is 5.16. The quantitative estimate of drug-likeness (QED) is 0.794. The summed E-state index contributed by atoms with van der Waals surface area (Å²) in [6.07, 6.45) is -0.329. The SMILES string of the molecule is COc1cc(O[C@H]2CCN(C(=O)O)C2)ccc1N. The minimum absolute atomic E-state index is 0.116. The maximum Gasteiger partial charge on any atom is 0.407 e. The van der Waals surface area contributed by atoms with Crippen molar-refractivity contribution < 1.29 is 19.4 Å². The summed E-state index contributed by atoms with van der Waals surface area (Å²) in [5.74, 6) is 1.19. The fraction of sp³-hybridized carbons (Fsp3) is 0.417. The van der Waals surface area contributed by atoms with Crippen molar-refractivity contribution in [1.82, 2.24) is 4.90 Å². The summed E-state index contributed by atoms with van der Waals surface area (Å²) in [5.41, 5.74) is 6.25. The maximum absolute atomic E-state index is 10.8. The summed E-state index contributed by atoms with van der Waals surface area (Å²) in [4.78, 5) is 12.1. The molecule has 0 unspecified atom stereocenters. The predicted molar refractivity (Wildman–Crippen MR) is 66.0 cm³/mol. The van der Waals surface area contributed by atoms with Crippen LogP contribution in [0, 0.1) is 0 Å². The molecule has 0 spiro atoms. The van der Waals surface area contributed by atoms with E-state index in [-0.39, 0.29) is 6.10 Å². The maximum atomic E-state index is 10.8. The molecule has 2 rings (SSSR count). The van der Waals surface area contributed by atoms with Crippen molar-refractivity contribution in [2.45, 2.75) is 12.5 Å². The lowest BCUT2D eigenvalue weighted by Crippen LogP contribution is -2.29. The Bertz CT molecular complexity index is 450. The molecule has 1 amide bonds. The first-order chi connectivity index (χ1) is 8.60. The van der Waals surface area contributed by atoms with Crippen LogP contribution in [0.3, 0.4) is 0 Å². The van der Waals surface area contributed by atoms with Crippen molar-refractivity contribution >= 4 is 11.8 Å². The molecule has 0 aliphatic carbocycles. The van der Waals surface area contributed by atoms with Crippen molar-refractivity contribution in [3.05, 3.63) is 18.2 Å². The van der Waals surface area contributed by atoms with Gasteiger partial charge in [0.1, 0.15) is 17.6 Å². The first-order valence-corrected chi connectivity index (χ1v) is 5.68. The van der Waals surface area contributed by atoms with Gasteiger partial charge in [0.2, 0.25) is 0 Å². The van der Waals surface area contributed by atoms with E-state index in [1.54, 1.807) is 18.2 Å². The Morgan fingerprint density at radius 1 is 1.56 bits per heavy atom. The van der Waals surface area contributed by atoms with Crippen molar-refractivity contribution in [3.63, 3.8) is 0 Å². The van der Waals surface area contributed by atoms with Crippen LogP contribution < -0.4 is 15.2 Å². The predicted octanol–water partition coefficient (Wildman–Crippen LogP) is 1.41. The number of carbonyl (C=O) groups is 1. The number of nitrogens with zero attached hydrogens (tertiary/aromatic N) is 1. The number of amides is 1. The molecule has 6 heteroatoms. The van der Waals surface area contributed by atoms with Crippen LogP contribution in [-0.2, 0) is 0 Å². The summed E-state index contributed by atoms with van der Waals surface area (Å²) in [5, 5.41) is 8.85. The highest BCUT2D eigenvalue weighted by molar-refractivity contribution is 5.65. The van der Waals surface area contributed by atoms with Gasteiger partial charge in [-0.05, 0) is 12.1 Å². The van der Waals surface area contributed by atoms with Gasteiger partial charge in [-0.25, -0.2) is 4.79 Å². The van der Waals surface area contributed by atoms with E-state index in [2.05, 4.69) is 0 Å². The molecular weight excluding hydrogens is 236 g/mol. The Kier molecular flexibility index (Phi) is 3.45. The highest BCUT2D eigenvalue weighted by Gasteiger charge is 2.27. The lowest BCUT2D eigenvalue weighted by molar-refractivity contribution is 0.145. The number of rotatable bonds is 3. The topological polar surface area (TPSA) is 85.0 Å². The van der Waals surface area contributed by atoms with Gasteiger partial charge in [-0.1, -0.05) is 0 Å². The van der Waals surface area contributed by atoms with Gasteiger partial charge in [0, 0.05) is 19.0 Å². The zero-order chi connectivity index (χ0) is 13.1. The fourth-order valence-electron chi connectivity index (χ4n) is 1.96. The van der Waals surface area contributed by atoms with E-state index in [0.29, 0.717) is 36.7 Å². The first kappa shape index (κ1) is 12.3. The first-order valence-electron chi connectivity index (χ1n) is 5.68. The monoisotopic (exact) mass is 252 g/mol. The number of ether oxygens (including phenoxy) is 2. The summed E-state index contributed by atoms with van der Waals surface area (Å²) < 4.78 is 10.8. The number of benzene rings is 1. The Hall–Kier alpha value is -2.11. The van der Waals surface area contributed by atoms with Gasteiger partial charge >= 0.3 is 6.09 Å². The van der Waals surface area contributed by atoms with Gasteiger partial charge in [-0.15, -0.1) is 0 Å². The Labute approximate surface area is 105 Å². The smallest absolute Gasteiger partial charge is 0.407 e. The second-order valence-electron chi connectivity index (χ2n) is 4.16. The second kappa shape index (κ2) is 5.03. The average molecular weight is 252 g/mol. The molecule has 1 saturated heterocycles. The van der Waals surface area contributed by atoms with Crippen molar-refractivity contribution in [3.8, 4) is 11.5 Å². The minimum Gasteiger partial charge on any atom is -0.494 e. The van der Waals surface area contributed by atoms with Crippen LogP contribution in [0.5, 0.6) is 11.5 Å². The molecule has 0 radical (unpaired) electrons. The van der Waals surface area contributed by atoms with Crippen molar-refractivity contribution in [2.24, 2.45) is 0 Å². The Morgan fingerprint density at radius 3 is 2.94 bits per heavy atom. The minimum atomic E-state index is -0.906. The number of hydrogen-bond acceptors (Lipinski definition) is 4. The van der Waals surface area contributed by atoms with Gasteiger partial charge in [0.05, 0.1) is 19.3 Å². The average Bonchev–Trinajstić information content (AvgIpc) is 2.80. The van der Waals surface area contributed by atoms with E-state index in [9.17, 15) is 4.79 Å². The van der Waals surface area contributed by atoms with E-state index in [1.807, 2.05) is 0 Å². The van der Waals surface area contributed by atoms with Gasteiger partial charge in [-0.2, -0.15) is 0 Å². The summed E-state index contributed by atoms with van der Waals surface area (Å²) in [7, 11) is 1.54. The zero-order valence-electron chi connectivity index (χ0n) is 10.1. The standard InChI is InChI=1S/C12H16N2O4/c1-17-11-6-8(2-3-10(11)13)18-9-4-5-14(7-9)12(15)16/h2-3,6,9H,4-5,7,13H2,1H3,(H,15,16)/t9-/m0/s1. The molecule has 1 atom stereocenters. The van der Waals surface area contributed by atoms with Crippen LogP contribution in [0.1, 0.15) is 6.42 Å². The number of nitrogens with two attached hydrogens (primary N) is 1. The number of anilines is 1. The number of methoxy groups -OCH3 is 1. The third-order valence-corrected chi connectivity index (χ3v) is 2.92. The van der Waals surface area contributed by atoms with Crippen LogP contribution in [-0.4, -0.2) is 42.4 Å². The normalized spacial score (nSPS) is 18.7. The van der Waals surface area contributed by atoms with Crippen molar-refractivity contribution in [2.75, 3.05) is 25.9 Å². The van der Waals surface area contributed by atoms with Gasteiger partial charge < -0.3 is 25.2 Å². The van der Waals surface area contributed by atoms with Crippen LogP contribution in [0.4, 0.5) is 10.5 Å². The number of hydrogen-bond donors (Lipinski definition) is 2. The molecule has 1 fully saturated rings. The molecule has 0 saturated carbocycles. The summed E-state index contributed by atoms with van der Waals surface area (Å²) >= 11 is 0. The molecule has 6 nitrogen and oxygen atoms in total. The lowest BCUT2D eigenvalue weighted by Gasteiger charge is -2.15. The lowest BCUT2D eigenvalue weighted by atomic mass is 10.2. The van der Waals surface area contributed by atoms with E-state index in [0.717, 1.165) is 0 Å². The van der Waals surface area contributed by atoms with E-state index < -0.39 is 6.09 Å². The van der Waals surface area contributed by atoms with Crippen LogP contribution in [0.2, 0.25) is 0 Å². The van der Waals surface area contributed by atoms with Crippen LogP contribution in [0.25, 0.3) is 0 Å². The van der Waals surface area contributed by atoms with E-state index in [4.69, 9.17) is 20.3 Å². The van der Waals surface area contributed by atoms with E-state index >= 15 is 0 Å². The van der Waals surface area contributed by atoms with Gasteiger partial charge in [0.15, 0.2) is 0 Å². The third-order valence-electron chi connectivity index (χ3n) is 2.92. The highest BCUT2D eigenvalue weighted by Crippen LogP contribution is 2.28. The molecule has 1 aliphatic heterocycles. The summed E-state index contributed by atoms with van der Waals surface area (Å²) in [6.45, 7) is 0.897. The number of carboxylic acid groups (broad SMARTS) is 1. The molecule has 0 bridgehead atoms. The fourth-order valence-corrected chi connectivity index (χ4v) is 1.96. The highest BCUT2D eigenvalue weighted by atomic mass is 16.5. The molecular formula is C12H16N2O4. The third kappa shape index (κ3) is 2.58. The van der Waals surface area contributed by atoms with Crippen molar-refractivity contribution in [1.29, 1.82) is 0 Å². The molecule has 98 valence electrons. The van der Waals surface area contributed by atoms with Crippen LogP contribution >= 0.6 is 0 Å². The van der Waals surface area contributed by atoms with Gasteiger partial charge in [0.25, 0.3) is 0 Å². The molecule has 1 heterocycles. The Morgan fingerprint density at radius 2 is 2.33 bits per heavy atom. The van der Waals surface area contributed by atoms with Crippen LogP contribution in [0.15, 0.2) is 18.2 Å². The number of nitrogen functional groups attached to an aromatic ring is 1. The second-order valence-corrected chi connectivity index (χ2v) is 4.16. The molecule has 1 aliphatic rings. The molecule has 18 heavy (non-hydrogen) atoms. The molecule has 0 aromatic heterocycles. The van der Waals surface area contributed by atoms with E-state index in [1.165, 1.54) is 12.0 Å². The van der Waals surface area contributed by atoms with Gasteiger partial charge in [-0.3, -0.25) is 0 Å². The molecule has 1 aromatic carbocycles. The molecule has 3 N–H and O–H groups in total.